The molecule has 0 bridgehead atoms. The molecular formula is C5H10AuNO2S. The van der Waals surface area contributed by atoms with E-state index >= 15 is 0 Å². The minimum atomic E-state index is -0.461. The van der Waals surface area contributed by atoms with Crippen LogP contribution in [0.2, 0.25) is 0 Å². The average molecular weight is 345 g/mol. The molecule has 0 aromatic rings. The summed E-state index contributed by atoms with van der Waals surface area (Å²) in [5.74, 6) is 0.543. The summed E-state index contributed by atoms with van der Waals surface area (Å²) in [5, 5.41) is 0. The molecule has 0 saturated heterocycles. The number of rotatable bonds is 4. The van der Waals surface area contributed by atoms with E-state index in [1.165, 1.54) is 0 Å². The molecule has 0 aliphatic heterocycles. The fourth-order valence-corrected chi connectivity index (χ4v) is 1.23. The Morgan fingerprint density at radius 2 is 2.50 bits per heavy atom. The van der Waals surface area contributed by atoms with Crippen molar-refractivity contribution in [2.75, 3.05) is 12.0 Å². The topological polar surface area (TPSA) is 52.3 Å². The van der Waals surface area contributed by atoms with Gasteiger partial charge in [0.25, 0.3) is 0 Å². The van der Waals surface area contributed by atoms with E-state index in [4.69, 9.17) is 5.73 Å². The van der Waals surface area contributed by atoms with Crippen LogP contribution in [0, 0.1) is 0 Å². The van der Waals surface area contributed by atoms with Crippen molar-refractivity contribution in [3.8, 4) is 0 Å². The van der Waals surface area contributed by atoms with Crippen molar-refractivity contribution >= 4 is 17.7 Å². The monoisotopic (exact) mass is 345 g/mol. The maximum atomic E-state index is 10.6. The first-order chi connectivity index (χ1) is 4.72. The van der Waals surface area contributed by atoms with Gasteiger partial charge in [-0.05, 0) is 0 Å². The van der Waals surface area contributed by atoms with Crippen LogP contribution >= 0.6 is 11.8 Å². The van der Waals surface area contributed by atoms with E-state index < -0.39 is 6.04 Å². The molecule has 0 heterocycles. The van der Waals surface area contributed by atoms with Crippen LogP contribution in [0.5, 0.6) is 0 Å². The van der Waals surface area contributed by atoms with Gasteiger partial charge in [0.15, 0.2) is 0 Å². The molecule has 0 spiro atoms. The zero-order chi connectivity index (χ0) is 7.98. The molecule has 0 saturated carbocycles. The average Bonchev–Trinajstić information content (AvgIpc) is 1.98. The Bertz CT molecular complexity index is 112. The van der Waals surface area contributed by atoms with Crippen molar-refractivity contribution in [3.05, 3.63) is 0 Å². The van der Waals surface area contributed by atoms with Gasteiger partial charge in [-0.25, -0.2) is 0 Å². The van der Waals surface area contributed by atoms with E-state index in [0.717, 1.165) is 5.75 Å². The van der Waals surface area contributed by atoms with Gasteiger partial charge in [-0.3, -0.25) is 0 Å². The fourth-order valence-electron chi connectivity index (χ4n) is 0.408. The van der Waals surface area contributed by atoms with Gasteiger partial charge < -0.3 is 0 Å². The normalized spacial score (nSPS) is 12.8. The van der Waals surface area contributed by atoms with Crippen LogP contribution < -0.4 is 5.73 Å². The van der Waals surface area contributed by atoms with Gasteiger partial charge in [-0.2, -0.15) is 0 Å². The zero-order valence-corrected chi connectivity index (χ0v) is 8.58. The van der Waals surface area contributed by atoms with Crippen molar-refractivity contribution in [2.45, 2.75) is 12.5 Å². The summed E-state index contributed by atoms with van der Waals surface area (Å²) in [6.07, 6.45) is 2.65. The molecule has 10 heavy (non-hydrogen) atoms. The Balaban J connectivity index is 3.41. The molecule has 0 rings (SSSR count). The fraction of sp³-hybridized carbons (Fsp3) is 0.800. The molecule has 64 valence electrons. The van der Waals surface area contributed by atoms with E-state index in [-0.39, 0.29) is 5.97 Å². The van der Waals surface area contributed by atoms with Gasteiger partial charge in [0.1, 0.15) is 0 Å². The molecule has 1 atom stereocenters. The standard InChI is InChI=1S/C5H11NO2S.Au/c1-9-3-2-4(6)5(7)8;/h4H,2-3,6H2,1H3,(H,7,8);/q;+1/p-1/t4-;/m0./s1. The van der Waals surface area contributed by atoms with Crippen LogP contribution in [0.1, 0.15) is 6.42 Å². The Morgan fingerprint density at radius 1 is 1.90 bits per heavy atom. The predicted octanol–water partition coefficient (Wildman–Crippen LogP) is 0.0718. The third kappa shape index (κ3) is 4.35. The van der Waals surface area contributed by atoms with Crippen LogP contribution in [0.25, 0.3) is 0 Å². The molecule has 5 heteroatoms. The third-order valence-electron chi connectivity index (χ3n) is 0.996. The van der Waals surface area contributed by atoms with E-state index in [2.05, 4.69) is 3.24 Å². The van der Waals surface area contributed by atoms with Crippen molar-refractivity contribution in [1.82, 2.24) is 0 Å². The van der Waals surface area contributed by atoms with Gasteiger partial charge in [-0.1, -0.05) is 0 Å². The molecule has 0 fully saturated rings. The van der Waals surface area contributed by atoms with Crippen LogP contribution in [-0.2, 0) is 29.5 Å². The summed E-state index contributed by atoms with van der Waals surface area (Å²) in [4.78, 5) is 10.6. The predicted molar refractivity (Wildman–Crippen MR) is 37.1 cm³/mol. The van der Waals surface area contributed by atoms with E-state index in [9.17, 15) is 4.79 Å². The number of hydrogen-bond donors (Lipinski definition) is 1. The number of carbonyl (C=O) groups excluding carboxylic acids is 1. The molecule has 0 amide bonds. The molecule has 0 aromatic carbocycles. The van der Waals surface area contributed by atoms with Gasteiger partial charge in [-0.15, -0.1) is 0 Å². The summed E-state index contributed by atoms with van der Waals surface area (Å²) < 4.78 is 4.38. The number of thioether (sulfide) groups is 1. The number of carbonyl (C=O) groups is 1. The summed E-state index contributed by atoms with van der Waals surface area (Å²) in [7, 11) is 0. The summed E-state index contributed by atoms with van der Waals surface area (Å²) in [5.41, 5.74) is 5.42. The van der Waals surface area contributed by atoms with E-state index in [0.29, 0.717) is 6.42 Å². The first-order valence-corrected chi connectivity index (χ1v) is 5.04. The molecule has 0 aromatic heterocycles. The summed E-state index contributed by atoms with van der Waals surface area (Å²) >= 11 is 3.38. The second-order valence-corrected chi connectivity index (χ2v) is 3.20. The summed E-state index contributed by atoms with van der Waals surface area (Å²) in [6.45, 7) is 0. The Kier molecular flexibility index (Phi) is 6.57. The second kappa shape index (κ2) is 6.24. The molecule has 3 nitrogen and oxygen atoms in total. The van der Waals surface area contributed by atoms with Crippen molar-refractivity contribution < 1.29 is 29.5 Å². The molecule has 0 aliphatic rings. The quantitative estimate of drug-likeness (QED) is 0.733. The maximum absolute atomic E-state index is 10.6. The SMILES string of the molecule is CSCC[C@H](N)C(=O)[O][Au]. The molecular weight excluding hydrogens is 335 g/mol. The van der Waals surface area contributed by atoms with Gasteiger partial charge >= 0.3 is 77.4 Å². The van der Waals surface area contributed by atoms with Gasteiger partial charge in [0.2, 0.25) is 0 Å². The minimum absolute atomic E-state index is 0.350. The van der Waals surface area contributed by atoms with Crippen molar-refractivity contribution in [1.29, 1.82) is 0 Å². The Labute approximate surface area is 77.5 Å². The Hall–Kier alpha value is 0.520. The van der Waals surface area contributed by atoms with Crippen LogP contribution in [0.3, 0.4) is 0 Å². The van der Waals surface area contributed by atoms with Crippen LogP contribution in [-0.4, -0.2) is 24.0 Å². The zero-order valence-electron chi connectivity index (χ0n) is 5.60. The van der Waals surface area contributed by atoms with Crippen molar-refractivity contribution in [2.24, 2.45) is 5.73 Å². The first kappa shape index (κ1) is 10.5. The van der Waals surface area contributed by atoms with E-state index in [1.807, 2.05) is 6.26 Å². The van der Waals surface area contributed by atoms with Gasteiger partial charge in [0.05, 0.1) is 0 Å². The molecule has 0 radical (unpaired) electrons. The molecule has 2 N–H and O–H groups in total. The van der Waals surface area contributed by atoms with Gasteiger partial charge in [0, 0.05) is 0 Å². The third-order valence-corrected chi connectivity index (χ3v) is 2.08. The van der Waals surface area contributed by atoms with Crippen LogP contribution in [0.4, 0.5) is 0 Å². The summed E-state index contributed by atoms with van der Waals surface area (Å²) in [6, 6.07) is -0.461. The van der Waals surface area contributed by atoms with Crippen LogP contribution in [0.15, 0.2) is 0 Å². The molecule has 0 aliphatic carbocycles. The number of hydrogen-bond acceptors (Lipinski definition) is 4. The van der Waals surface area contributed by atoms with Crippen molar-refractivity contribution in [3.63, 3.8) is 0 Å². The van der Waals surface area contributed by atoms with E-state index in [1.54, 1.807) is 33.2 Å². The number of nitrogens with two attached hydrogens (primary N) is 1. The molecule has 0 unspecified atom stereocenters. The first-order valence-electron chi connectivity index (χ1n) is 2.76. The Morgan fingerprint density at radius 3 is 2.90 bits per heavy atom. The second-order valence-electron chi connectivity index (χ2n) is 1.77.